The van der Waals surface area contributed by atoms with Gasteiger partial charge in [-0.25, -0.2) is 0 Å². The Balaban J connectivity index is 4.52. The molecule has 0 fully saturated rings. The summed E-state index contributed by atoms with van der Waals surface area (Å²) >= 11 is 0. The molecule has 0 radical (unpaired) electrons. The molecule has 0 aromatic carbocycles. The Morgan fingerprint density at radius 1 is 1.46 bits per heavy atom. The van der Waals surface area contributed by atoms with Crippen molar-refractivity contribution in [1.82, 2.24) is 0 Å². The summed E-state index contributed by atoms with van der Waals surface area (Å²) in [4.78, 5) is 11.4. The van der Waals surface area contributed by atoms with Gasteiger partial charge >= 0.3 is 5.97 Å². The molecule has 0 heterocycles. The maximum Gasteiger partial charge on any atom is 0.312 e. The SMILES string of the molecule is CCOC(=O)[C@@H](C(C)C)C(C)(C)O. The predicted octanol–water partition coefficient (Wildman–Crippen LogP) is 1.59. The van der Waals surface area contributed by atoms with Gasteiger partial charge in [0.05, 0.1) is 18.1 Å². The van der Waals surface area contributed by atoms with Crippen LogP contribution in [0.4, 0.5) is 0 Å². The van der Waals surface area contributed by atoms with Gasteiger partial charge in [-0.1, -0.05) is 13.8 Å². The number of rotatable bonds is 4. The highest BCUT2D eigenvalue weighted by atomic mass is 16.5. The highest BCUT2D eigenvalue weighted by Gasteiger charge is 2.36. The Hall–Kier alpha value is -0.570. The van der Waals surface area contributed by atoms with E-state index in [4.69, 9.17) is 4.74 Å². The van der Waals surface area contributed by atoms with Crippen molar-refractivity contribution in [3.05, 3.63) is 0 Å². The van der Waals surface area contributed by atoms with E-state index in [1.165, 1.54) is 0 Å². The van der Waals surface area contributed by atoms with Crippen molar-refractivity contribution >= 4 is 5.97 Å². The molecule has 13 heavy (non-hydrogen) atoms. The van der Waals surface area contributed by atoms with Crippen LogP contribution >= 0.6 is 0 Å². The fourth-order valence-electron chi connectivity index (χ4n) is 1.61. The fourth-order valence-corrected chi connectivity index (χ4v) is 1.61. The molecule has 0 amide bonds. The summed E-state index contributed by atoms with van der Waals surface area (Å²) in [7, 11) is 0. The van der Waals surface area contributed by atoms with Gasteiger partial charge in [0.2, 0.25) is 0 Å². The Morgan fingerprint density at radius 2 is 1.92 bits per heavy atom. The van der Waals surface area contributed by atoms with Gasteiger partial charge in [0.25, 0.3) is 0 Å². The van der Waals surface area contributed by atoms with E-state index < -0.39 is 11.5 Å². The van der Waals surface area contributed by atoms with E-state index in [0.717, 1.165) is 0 Å². The molecule has 0 aliphatic heterocycles. The fraction of sp³-hybridized carbons (Fsp3) is 0.900. The molecular weight excluding hydrogens is 168 g/mol. The molecule has 0 aliphatic rings. The van der Waals surface area contributed by atoms with Crippen molar-refractivity contribution < 1.29 is 14.6 Å². The van der Waals surface area contributed by atoms with Crippen molar-refractivity contribution in [3.63, 3.8) is 0 Å². The maximum atomic E-state index is 11.4. The van der Waals surface area contributed by atoms with Crippen LogP contribution in [0.25, 0.3) is 0 Å². The average molecular weight is 188 g/mol. The Kier molecular flexibility index (Phi) is 4.40. The smallest absolute Gasteiger partial charge is 0.312 e. The number of carbonyl (C=O) groups excluding carboxylic acids is 1. The van der Waals surface area contributed by atoms with Crippen LogP contribution in [-0.2, 0) is 9.53 Å². The zero-order chi connectivity index (χ0) is 10.6. The number of esters is 1. The summed E-state index contributed by atoms with van der Waals surface area (Å²) in [5.74, 6) is -0.684. The summed E-state index contributed by atoms with van der Waals surface area (Å²) in [5, 5.41) is 9.74. The summed E-state index contributed by atoms with van der Waals surface area (Å²) < 4.78 is 4.89. The molecule has 0 aliphatic carbocycles. The Labute approximate surface area is 80.1 Å². The molecular formula is C10H20O3. The molecule has 0 saturated heterocycles. The lowest BCUT2D eigenvalue weighted by atomic mass is 9.82. The van der Waals surface area contributed by atoms with Crippen molar-refractivity contribution in [2.75, 3.05) is 6.61 Å². The van der Waals surface area contributed by atoms with E-state index >= 15 is 0 Å². The van der Waals surface area contributed by atoms with Crippen molar-refractivity contribution in [1.29, 1.82) is 0 Å². The molecule has 0 aromatic heterocycles. The van der Waals surface area contributed by atoms with E-state index in [9.17, 15) is 9.90 Å². The van der Waals surface area contributed by atoms with E-state index in [1.807, 2.05) is 13.8 Å². The molecule has 0 rings (SSSR count). The van der Waals surface area contributed by atoms with Gasteiger partial charge < -0.3 is 9.84 Å². The van der Waals surface area contributed by atoms with Crippen molar-refractivity contribution in [2.24, 2.45) is 11.8 Å². The zero-order valence-corrected chi connectivity index (χ0v) is 9.13. The van der Waals surface area contributed by atoms with Gasteiger partial charge in [-0.3, -0.25) is 4.79 Å². The van der Waals surface area contributed by atoms with E-state index in [0.29, 0.717) is 6.61 Å². The normalized spacial score (nSPS) is 14.4. The number of hydrogen-bond donors (Lipinski definition) is 1. The second-order valence-corrected chi connectivity index (χ2v) is 4.13. The topological polar surface area (TPSA) is 46.5 Å². The molecule has 0 unspecified atom stereocenters. The maximum absolute atomic E-state index is 11.4. The van der Waals surface area contributed by atoms with Crippen LogP contribution < -0.4 is 0 Å². The minimum atomic E-state index is -1.01. The molecule has 0 spiro atoms. The third-order valence-electron chi connectivity index (χ3n) is 1.97. The molecule has 3 nitrogen and oxygen atoms in total. The standard InChI is InChI=1S/C10H20O3/c1-6-13-9(11)8(7(2)3)10(4,5)12/h7-8,12H,6H2,1-5H3/t8-/m1/s1. The van der Waals surface area contributed by atoms with Gasteiger partial charge in [-0.05, 0) is 26.7 Å². The molecule has 0 aromatic rings. The Bertz CT molecular complexity index is 167. The van der Waals surface area contributed by atoms with Gasteiger partial charge in [0.15, 0.2) is 0 Å². The largest absolute Gasteiger partial charge is 0.466 e. The first-order valence-electron chi connectivity index (χ1n) is 4.69. The van der Waals surface area contributed by atoms with Crippen LogP contribution in [0.1, 0.15) is 34.6 Å². The number of carbonyl (C=O) groups is 1. The van der Waals surface area contributed by atoms with E-state index in [1.54, 1.807) is 20.8 Å². The lowest BCUT2D eigenvalue weighted by molar-refractivity contribution is -0.159. The average Bonchev–Trinajstić information content (AvgIpc) is 1.82. The Morgan fingerprint density at radius 3 is 2.15 bits per heavy atom. The third-order valence-corrected chi connectivity index (χ3v) is 1.97. The van der Waals surface area contributed by atoms with Crippen LogP contribution in [0.2, 0.25) is 0 Å². The number of ether oxygens (including phenoxy) is 1. The highest BCUT2D eigenvalue weighted by molar-refractivity contribution is 5.74. The van der Waals surface area contributed by atoms with Crippen molar-refractivity contribution in [2.45, 2.75) is 40.2 Å². The van der Waals surface area contributed by atoms with Gasteiger partial charge in [-0.2, -0.15) is 0 Å². The first kappa shape index (κ1) is 12.4. The summed E-state index contributed by atoms with van der Waals surface area (Å²) in [5.41, 5.74) is -1.01. The molecule has 3 heteroatoms. The van der Waals surface area contributed by atoms with Gasteiger partial charge in [-0.15, -0.1) is 0 Å². The summed E-state index contributed by atoms with van der Waals surface area (Å²) in [6.45, 7) is 9.19. The van der Waals surface area contributed by atoms with Crippen molar-refractivity contribution in [3.8, 4) is 0 Å². The van der Waals surface area contributed by atoms with E-state index in [2.05, 4.69) is 0 Å². The van der Waals surface area contributed by atoms with Crippen LogP contribution in [0.5, 0.6) is 0 Å². The minimum absolute atomic E-state index is 0.0825. The van der Waals surface area contributed by atoms with E-state index in [-0.39, 0.29) is 11.9 Å². The van der Waals surface area contributed by atoms with Gasteiger partial charge in [0.1, 0.15) is 0 Å². The second kappa shape index (κ2) is 4.61. The molecule has 1 atom stereocenters. The lowest BCUT2D eigenvalue weighted by Gasteiger charge is -2.30. The number of hydrogen-bond acceptors (Lipinski definition) is 3. The highest BCUT2D eigenvalue weighted by Crippen LogP contribution is 2.25. The quantitative estimate of drug-likeness (QED) is 0.681. The second-order valence-electron chi connectivity index (χ2n) is 4.13. The van der Waals surface area contributed by atoms with Gasteiger partial charge in [0, 0.05) is 0 Å². The predicted molar refractivity (Wildman–Crippen MR) is 51.3 cm³/mol. The molecule has 1 N–H and O–H groups in total. The minimum Gasteiger partial charge on any atom is -0.466 e. The van der Waals surface area contributed by atoms with Crippen LogP contribution in [0.3, 0.4) is 0 Å². The molecule has 78 valence electrons. The van der Waals surface area contributed by atoms with Crippen LogP contribution in [-0.4, -0.2) is 23.3 Å². The summed E-state index contributed by atoms with van der Waals surface area (Å²) in [6.07, 6.45) is 0. The number of aliphatic hydroxyl groups is 1. The monoisotopic (exact) mass is 188 g/mol. The molecule has 0 bridgehead atoms. The summed E-state index contributed by atoms with van der Waals surface area (Å²) in [6, 6.07) is 0. The zero-order valence-electron chi connectivity index (χ0n) is 9.13. The molecule has 0 saturated carbocycles. The first-order valence-corrected chi connectivity index (χ1v) is 4.69. The van der Waals surface area contributed by atoms with Crippen LogP contribution in [0, 0.1) is 11.8 Å². The third kappa shape index (κ3) is 3.77. The van der Waals surface area contributed by atoms with Crippen LogP contribution in [0.15, 0.2) is 0 Å². The lowest BCUT2D eigenvalue weighted by Crippen LogP contribution is -2.41. The first-order chi connectivity index (χ1) is 5.80.